The van der Waals surface area contributed by atoms with Gasteiger partial charge in [-0.15, -0.1) is 4.72 Å². The normalized spacial score (nSPS) is 19.3. The number of aliphatic hydroxyl groups excluding tert-OH is 1. The molecule has 0 radical (unpaired) electrons. The number of hydrogen-bond donors (Lipinski definition) is 2. The highest BCUT2D eigenvalue weighted by Crippen LogP contribution is 2.52. The first-order chi connectivity index (χ1) is 17.8. The fourth-order valence-electron chi connectivity index (χ4n) is 5.31. The van der Waals surface area contributed by atoms with Gasteiger partial charge in [-0.2, -0.15) is 0 Å². The van der Waals surface area contributed by atoms with Crippen LogP contribution in [0.4, 0.5) is 5.82 Å². The standard InChI is InChI=1S/C29H33N5O2S/c1-28(2,3)37(36)33-26-24-7-5-4-6-22(24)18-29(26)12-16-34(17-13-29)27-25(20-35)32-23(19-31-27)9-8-21-10-14-30-15-11-21/h4-7,10-11,14-15,19,26,33,35H,12-13,16-18,20H2,1-3H3/t26-,37?/m1/s1. The van der Waals surface area contributed by atoms with Crippen LogP contribution in [0, 0.1) is 17.3 Å². The van der Waals surface area contributed by atoms with E-state index < -0.39 is 11.4 Å². The quantitative estimate of drug-likeness (QED) is 0.404. The average Bonchev–Trinajstić information content (AvgIpc) is 3.20. The Balaban J connectivity index is 1.35. The van der Waals surface area contributed by atoms with E-state index in [1.807, 2.05) is 32.9 Å². The summed E-state index contributed by atoms with van der Waals surface area (Å²) in [5.41, 5.74) is 4.51. The Morgan fingerprint density at radius 2 is 1.86 bits per heavy atom. The van der Waals surface area contributed by atoms with Crippen molar-refractivity contribution in [3.8, 4) is 11.8 Å². The third kappa shape index (κ3) is 5.36. The van der Waals surface area contributed by atoms with Crippen molar-refractivity contribution in [3.63, 3.8) is 0 Å². The van der Waals surface area contributed by atoms with Crippen molar-refractivity contribution < 1.29 is 9.66 Å². The molecule has 3 heterocycles. The first-order valence-electron chi connectivity index (χ1n) is 12.7. The molecule has 7 nitrogen and oxygen atoms in total. The second-order valence-electron chi connectivity index (χ2n) is 10.8. The van der Waals surface area contributed by atoms with Crippen LogP contribution in [0.1, 0.15) is 67.7 Å². The third-order valence-electron chi connectivity index (χ3n) is 7.35. The number of aliphatic hydroxyl groups is 1. The Morgan fingerprint density at radius 1 is 1.14 bits per heavy atom. The molecular weight excluding hydrogens is 482 g/mol. The molecule has 2 atom stereocenters. The molecule has 2 aromatic heterocycles. The van der Waals surface area contributed by atoms with Crippen molar-refractivity contribution in [2.75, 3.05) is 18.0 Å². The summed E-state index contributed by atoms with van der Waals surface area (Å²) in [5, 5.41) is 10.1. The number of aromatic nitrogens is 3. The number of benzene rings is 1. The maximum Gasteiger partial charge on any atom is 0.152 e. The minimum atomic E-state index is -1.17. The summed E-state index contributed by atoms with van der Waals surface area (Å²) in [6.45, 7) is 7.40. The summed E-state index contributed by atoms with van der Waals surface area (Å²) in [6.07, 6.45) is 7.90. The highest BCUT2D eigenvalue weighted by atomic mass is 32.2. The van der Waals surface area contributed by atoms with E-state index in [0.717, 1.165) is 37.9 Å². The van der Waals surface area contributed by atoms with Gasteiger partial charge in [0.15, 0.2) is 5.82 Å². The van der Waals surface area contributed by atoms with Gasteiger partial charge in [-0.3, -0.25) is 4.98 Å². The summed E-state index contributed by atoms with van der Waals surface area (Å²) < 4.78 is 16.3. The monoisotopic (exact) mass is 515 g/mol. The van der Waals surface area contributed by atoms with Crippen molar-refractivity contribution in [1.29, 1.82) is 0 Å². The summed E-state index contributed by atoms with van der Waals surface area (Å²) in [7, 11) is 0. The summed E-state index contributed by atoms with van der Waals surface area (Å²) in [4.78, 5) is 15.5. The van der Waals surface area contributed by atoms with E-state index in [-0.39, 0.29) is 22.8 Å². The average molecular weight is 516 g/mol. The lowest BCUT2D eigenvalue weighted by molar-refractivity contribution is 0.175. The zero-order valence-electron chi connectivity index (χ0n) is 21.6. The molecule has 0 saturated carbocycles. The number of hydrogen-bond acceptors (Lipinski definition) is 7. The van der Waals surface area contributed by atoms with Gasteiger partial charge in [0.05, 0.1) is 18.8 Å². The zero-order chi connectivity index (χ0) is 26.0. The van der Waals surface area contributed by atoms with Crippen LogP contribution in [-0.4, -0.2) is 42.4 Å². The molecule has 1 saturated heterocycles. The number of nitrogens with zero attached hydrogens (tertiary/aromatic N) is 4. The lowest BCUT2D eigenvalue weighted by Gasteiger charge is -2.44. The van der Waals surface area contributed by atoms with Crippen LogP contribution in [0.15, 0.2) is 55.0 Å². The molecule has 192 valence electrons. The largest absolute Gasteiger partial charge is 0.598 e. The van der Waals surface area contributed by atoms with Gasteiger partial charge in [0, 0.05) is 47.8 Å². The van der Waals surface area contributed by atoms with Gasteiger partial charge in [-0.05, 0) is 69.2 Å². The molecule has 1 aromatic carbocycles. The van der Waals surface area contributed by atoms with Crippen molar-refractivity contribution in [2.45, 2.75) is 57.4 Å². The molecule has 8 heteroatoms. The van der Waals surface area contributed by atoms with Crippen LogP contribution in [0.5, 0.6) is 0 Å². The van der Waals surface area contributed by atoms with E-state index in [2.05, 4.69) is 60.7 Å². The van der Waals surface area contributed by atoms with Crippen molar-refractivity contribution in [1.82, 2.24) is 19.7 Å². The fourth-order valence-corrected chi connectivity index (χ4v) is 6.26. The molecule has 3 aromatic rings. The molecule has 0 bridgehead atoms. The van der Waals surface area contributed by atoms with Gasteiger partial charge in [0.25, 0.3) is 0 Å². The van der Waals surface area contributed by atoms with Gasteiger partial charge in [-0.25, -0.2) is 9.97 Å². The predicted octanol–water partition coefficient (Wildman–Crippen LogP) is 3.70. The number of pyridine rings is 1. The number of piperidine rings is 1. The third-order valence-corrected chi connectivity index (χ3v) is 8.91. The Kier molecular flexibility index (Phi) is 7.24. The lowest BCUT2D eigenvalue weighted by atomic mass is 9.73. The molecule has 0 amide bonds. The minimum Gasteiger partial charge on any atom is -0.598 e. The van der Waals surface area contributed by atoms with Crippen LogP contribution in [0.25, 0.3) is 0 Å². The molecule has 1 aliphatic heterocycles. The number of nitrogens with one attached hydrogen (secondary N) is 1. The smallest absolute Gasteiger partial charge is 0.152 e. The Labute approximate surface area is 222 Å². The van der Waals surface area contributed by atoms with E-state index in [1.165, 1.54) is 11.1 Å². The minimum absolute atomic E-state index is 0.0101. The van der Waals surface area contributed by atoms with E-state index >= 15 is 0 Å². The molecule has 1 unspecified atom stereocenters. The van der Waals surface area contributed by atoms with Gasteiger partial charge in [-0.1, -0.05) is 30.2 Å². The first kappa shape index (κ1) is 25.7. The van der Waals surface area contributed by atoms with E-state index in [0.29, 0.717) is 17.2 Å². The summed E-state index contributed by atoms with van der Waals surface area (Å²) in [6, 6.07) is 12.3. The maximum atomic E-state index is 13.1. The zero-order valence-corrected chi connectivity index (χ0v) is 22.4. The number of fused-ring (bicyclic) bond motifs is 1. The maximum absolute atomic E-state index is 13.1. The molecule has 2 aliphatic rings. The van der Waals surface area contributed by atoms with Crippen molar-refractivity contribution >= 4 is 17.2 Å². The van der Waals surface area contributed by atoms with Crippen molar-refractivity contribution in [2.24, 2.45) is 5.41 Å². The van der Waals surface area contributed by atoms with Gasteiger partial charge in [0.2, 0.25) is 0 Å². The van der Waals surface area contributed by atoms with Gasteiger partial charge >= 0.3 is 0 Å². The molecule has 1 spiro atoms. The molecule has 5 rings (SSSR count). The Morgan fingerprint density at radius 3 is 2.57 bits per heavy atom. The van der Waals surface area contributed by atoms with E-state index in [9.17, 15) is 9.66 Å². The molecule has 37 heavy (non-hydrogen) atoms. The van der Waals surface area contributed by atoms with Crippen LogP contribution in [0.2, 0.25) is 0 Å². The SMILES string of the molecule is CC(C)(C)[S+]([O-])N[C@@H]1c2ccccc2CC12CCN(c1ncc(C#Cc3ccncc3)nc1CO)CC2. The topological polar surface area (TPSA) is 97.2 Å². The van der Waals surface area contributed by atoms with Crippen LogP contribution < -0.4 is 9.62 Å². The van der Waals surface area contributed by atoms with Crippen LogP contribution >= 0.6 is 0 Å². The van der Waals surface area contributed by atoms with Crippen LogP contribution in [-0.2, 0) is 24.4 Å². The Bertz CT molecular complexity index is 1310. The fraction of sp³-hybridized carbons (Fsp3) is 0.414. The molecule has 2 N–H and O–H groups in total. The highest BCUT2D eigenvalue weighted by molar-refractivity contribution is 7.90. The molecule has 1 aliphatic carbocycles. The first-order valence-corrected chi connectivity index (χ1v) is 13.8. The second kappa shape index (κ2) is 10.4. The molecular formula is C29H33N5O2S. The van der Waals surface area contributed by atoms with E-state index in [4.69, 9.17) is 0 Å². The summed E-state index contributed by atoms with van der Waals surface area (Å²) in [5.74, 6) is 6.81. The highest BCUT2D eigenvalue weighted by Gasteiger charge is 2.50. The number of anilines is 1. The van der Waals surface area contributed by atoms with E-state index in [1.54, 1.807) is 18.6 Å². The van der Waals surface area contributed by atoms with Crippen molar-refractivity contribution in [3.05, 3.63) is 83.1 Å². The Hall–Kier alpha value is -2.96. The number of rotatable bonds is 4. The molecule has 1 fully saturated rings. The summed E-state index contributed by atoms with van der Waals surface area (Å²) >= 11 is -1.17. The predicted molar refractivity (Wildman–Crippen MR) is 146 cm³/mol. The van der Waals surface area contributed by atoms with Gasteiger partial charge < -0.3 is 14.6 Å². The van der Waals surface area contributed by atoms with Crippen LogP contribution in [0.3, 0.4) is 0 Å². The lowest BCUT2D eigenvalue weighted by Crippen LogP contribution is -2.50. The van der Waals surface area contributed by atoms with Gasteiger partial charge in [0.1, 0.15) is 16.1 Å². The second-order valence-corrected chi connectivity index (χ2v) is 12.8.